The Morgan fingerprint density at radius 2 is 2.05 bits per heavy atom. The highest BCUT2D eigenvalue weighted by atomic mass is 19.1. The van der Waals surface area contributed by atoms with E-state index in [-0.39, 0.29) is 11.7 Å². The molecule has 4 heteroatoms. The first-order chi connectivity index (χ1) is 9.56. The predicted octanol–water partition coefficient (Wildman–Crippen LogP) is 3.74. The molecule has 102 valence electrons. The van der Waals surface area contributed by atoms with E-state index in [1.807, 2.05) is 26.2 Å². The number of aromatic nitrogens is 2. The van der Waals surface area contributed by atoms with Crippen molar-refractivity contribution >= 4 is 16.7 Å². The van der Waals surface area contributed by atoms with Gasteiger partial charge in [0.1, 0.15) is 11.5 Å². The van der Waals surface area contributed by atoms with Crippen molar-refractivity contribution in [3.8, 4) is 0 Å². The van der Waals surface area contributed by atoms with Gasteiger partial charge in [-0.25, -0.2) is 9.37 Å². The number of hydrogen-bond donors (Lipinski definition) is 2. The minimum absolute atomic E-state index is 0.0872. The SMILES string of the molecule is Cc1cnc2[nH]cc(C(C)c3cc(N)ccc3F)c2c1. The lowest BCUT2D eigenvalue weighted by Crippen LogP contribution is -2.00. The number of nitrogens with one attached hydrogen (secondary N) is 1. The van der Waals surface area contributed by atoms with Gasteiger partial charge in [0.05, 0.1) is 0 Å². The van der Waals surface area contributed by atoms with Crippen molar-refractivity contribution in [1.29, 1.82) is 0 Å². The second-order valence-corrected chi connectivity index (χ2v) is 5.16. The molecule has 1 aromatic carbocycles. The van der Waals surface area contributed by atoms with Crippen LogP contribution in [0.1, 0.15) is 29.5 Å². The summed E-state index contributed by atoms with van der Waals surface area (Å²) in [5, 5.41) is 1.03. The number of pyridine rings is 1. The number of H-pyrrole nitrogens is 1. The van der Waals surface area contributed by atoms with Gasteiger partial charge in [-0.1, -0.05) is 6.92 Å². The van der Waals surface area contributed by atoms with E-state index in [2.05, 4.69) is 16.0 Å². The van der Waals surface area contributed by atoms with Crippen LogP contribution in [-0.2, 0) is 0 Å². The molecular weight excluding hydrogens is 253 g/mol. The summed E-state index contributed by atoms with van der Waals surface area (Å²) in [6.07, 6.45) is 3.71. The number of hydrogen-bond acceptors (Lipinski definition) is 2. The predicted molar refractivity (Wildman–Crippen MR) is 79.2 cm³/mol. The smallest absolute Gasteiger partial charge is 0.137 e. The maximum absolute atomic E-state index is 14.0. The molecule has 2 aromatic heterocycles. The van der Waals surface area contributed by atoms with Crippen LogP contribution in [0.3, 0.4) is 0 Å². The van der Waals surface area contributed by atoms with Crippen LogP contribution in [0.2, 0.25) is 0 Å². The van der Waals surface area contributed by atoms with Crippen molar-refractivity contribution in [3.63, 3.8) is 0 Å². The summed E-state index contributed by atoms with van der Waals surface area (Å²) >= 11 is 0. The molecule has 0 aliphatic heterocycles. The van der Waals surface area contributed by atoms with E-state index in [4.69, 9.17) is 5.73 Å². The molecule has 1 unspecified atom stereocenters. The third-order valence-electron chi connectivity index (χ3n) is 3.65. The van der Waals surface area contributed by atoms with Crippen LogP contribution in [0.25, 0.3) is 11.0 Å². The fourth-order valence-electron chi connectivity index (χ4n) is 2.55. The fourth-order valence-corrected chi connectivity index (χ4v) is 2.55. The van der Waals surface area contributed by atoms with E-state index in [9.17, 15) is 4.39 Å². The molecule has 0 saturated heterocycles. The average Bonchev–Trinajstić information content (AvgIpc) is 2.83. The van der Waals surface area contributed by atoms with Crippen molar-refractivity contribution in [1.82, 2.24) is 9.97 Å². The number of aryl methyl sites for hydroxylation is 1. The number of nitrogen functional groups attached to an aromatic ring is 1. The molecule has 1 atom stereocenters. The molecule has 0 amide bonds. The maximum atomic E-state index is 14.0. The first kappa shape index (κ1) is 12.7. The number of nitrogens with zero attached hydrogens (tertiary/aromatic N) is 1. The minimum Gasteiger partial charge on any atom is -0.399 e. The van der Waals surface area contributed by atoms with Gasteiger partial charge < -0.3 is 10.7 Å². The second kappa shape index (κ2) is 4.63. The third-order valence-corrected chi connectivity index (χ3v) is 3.65. The number of fused-ring (bicyclic) bond motifs is 1. The molecule has 0 spiro atoms. The lowest BCUT2D eigenvalue weighted by molar-refractivity contribution is 0.604. The highest BCUT2D eigenvalue weighted by Crippen LogP contribution is 2.32. The topological polar surface area (TPSA) is 54.7 Å². The Hall–Kier alpha value is -2.36. The van der Waals surface area contributed by atoms with Crippen molar-refractivity contribution in [3.05, 3.63) is 59.2 Å². The Balaban J connectivity index is 2.15. The monoisotopic (exact) mass is 269 g/mol. The van der Waals surface area contributed by atoms with E-state index >= 15 is 0 Å². The first-order valence-corrected chi connectivity index (χ1v) is 6.55. The van der Waals surface area contributed by atoms with Gasteiger partial charge in [0.2, 0.25) is 0 Å². The number of rotatable bonds is 2. The number of nitrogens with two attached hydrogens (primary N) is 1. The molecule has 3 aromatic rings. The average molecular weight is 269 g/mol. The van der Waals surface area contributed by atoms with E-state index in [1.54, 1.807) is 12.1 Å². The molecule has 0 radical (unpaired) electrons. The number of anilines is 1. The Morgan fingerprint density at radius 3 is 2.85 bits per heavy atom. The molecule has 0 aliphatic carbocycles. The van der Waals surface area contributed by atoms with Gasteiger partial charge in [-0.2, -0.15) is 0 Å². The molecule has 20 heavy (non-hydrogen) atoms. The zero-order valence-electron chi connectivity index (χ0n) is 11.4. The highest BCUT2D eigenvalue weighted by molar-refractivity contribution is 5.81. The van der Waals surface area contributed by atoms with Gasteiger partial charge in [-0.3, -0.25) is 0 Å². The molecule has 0 saturated carbocycles. The largest absolute Gasteiger partial charge is 0.399 e. The summed E-state index contributed by atoms with van der Waals surface area (Å²) in [6, 6.07) is 6.75. The molecule has 0 aliphatic rings. The summed E-state index contributed by atoms with van der Waals surface area (Å²) in [7, 11) is 0. The van der Waals surface area contributed by atoms with Crippen LogP contribution in [0, 0.1) is 12.7 Å². The van der Waals surface area contributed by atoms with Gasteiger partial charge in [-0.15, -0.1) is 0 Å². The van der Waals surface area contributed by atoms with E-state index < -0.39 is 0 Å². The lowest BCUT2D eigenvalue weighted by atomic mass is 9.92. The quantitative estimate of drug-likeness (QED) is 0.696. The van der Waals surface area contributed by atoms with Crippen LogP contribution in [0.4, 0.5) is 10.1 Å². The van der Waals surface area contributed by atoms with E-state index in [0.29, 0.717) is 11.3 Å². The Bertz CT molecular complexity index is 776. The molecule has 0 bridgehead atoms. The molecule has 3 rings (SSSR count). The van der Waals surface area contributed by atoms with Crippen LogP contribution >= 0.6 is 0 Å². The second-order valence-electron chi connectivity index (χ2n) is 5.16. The van der Waals surface area contributed by atoms with Gasteiger partial charge in [0, 0.05) is 29.4 Å². The number of halogens is 1. The van der Waals surface area contributed by atoms with Crippen LogP contribution in [0.15, 0.2) is 36.7 Å². The Morgan fingerprint density at radius 1 is 1.25 bits per heavy atom. The standard InChI is InChI=1S/C16H16FN3/c1-9-5-13-14(8-20-16(13)19-7-9)10(2)12-6-11(18)3-4-15(12)17/h3-8,10H,18H2,1-2H3,(H,19,20). The maximum Gasteiger partial charge on any atom is 0.137 e. The van der Waals surface area contributed by atoms with Gasteiger partial charge in [-0.05, 0) is 47.9 Å². The molecule has 2 heterocycles. The summed E-state index contributed by atoms with van der Waals surface area (Å²) in [6.45, 7) is 3.97. The minimum atomic E-state index is -0.235. The van der Waals surface area contributed by atoms with Gasteiger partial charge in [0.15, 0.2) is 0 Å². The van der Waals surface area contributed by atoms with E-state index in [1.165, 1.54) is 6.07 Å². The zero-order valence-corrected chi connectivity index (χ0v) is 11.4. The Labute approximate surface area is 116 Å². The van der Waals surface area contributed by atoms with Crippen LogP contribution < -0.4 is 5.73 Å². The molecule has 0 fully saturated rings. The van der Waals surface area contributed by atoms with Crippen molar-refractivity contribution in [2.45, 2.75) is 19.8 Å². The van der Waals surface area contributed by atoms with Gasteiger partial charge >= 0.3 is 0 Å². The lowest BCUT2D eigenvalue weighted by Gasteiger charge is -2.13. The zero-order chi connectivity index (χ0) is 14.3. The molecule has 3 nitrogen and oxygen atoms in total. The van der Waals surface area contributed by atoms with Gasteiger partial charge in [0.25, 0.3) is 0 Å². The Kier molecular flexibility index (Phi) is 2.93. The fraction of sp³-hybridized carbons (Fsp3) is 0.188. The van der Waals surface area contributed by atoms with Crippen molar-refractivity contribution < 1.29 is 4.39 Å². The first-order valence-electron chi connectivity index (χ1n) is 6.55. The summed E-state index contributed by atoms with van der Waals surface area (Å²) in [5.41, 5.74) is 9.88. The van der Waals surface area contributed by atoms with Crippen molar-refractivity contribution in [2.24, 2.45) is 0 Å². The molecular formula is C16H16FN3. The van der Waals surface area contributed by atoms with Crippen molar-refractivity contribution in [2.75, 3.05) is 5.73 Å². The highest BCUT2D eigenvalue weighted by Gasteiger charge is 2.17. The number of benzene rings is 1. The third kappa shape index (κ3) is 2.03. The summed E-state index contributed by atoms with van der Waals surface area (Å²) in [5.74, 6) is -0.322. The van der Waals surface area contributed by atoms with Crippen LogP contribution in [-0.4, -0.2) is 9.97 Å². The number of aromatic amines is 1. The molecule has 3 N–H and O–H groups in total. The normalized spacial score (nSPS) is 12.8. The van der Waals surface area contributed by atoms with Crippen LogP contribution in [0.5, 0.6) is 0 Å². The summed E-state index contributed by atoms with van der Waals surface area (Å²) < 4.78 is 14.0. The summed E-state index contributed by atoms with van der Waals surface area (Å²) in [4.78, 5) is 7.48. The van der Waals surface area contributed by atoms with E-state index in [0.717, 1.165) is 22.2 Å².